The second kappa shape index (κ2) is 4.28. The summed E-state index contributed by atoms with van der Waals surface area (Å²) in [5.74, 6) is -0.543. The average molecular weight is 247 g/mol. The Labute approximate surface area is 102 Å². The zero-order valence-electron chi connectivity index (χ0n) is 9.38. The minimum Gasteiger partial charge on any atom is -0.507 e. The SMILES string of the molecule is CC1=NNC(=O)/C1=C/c1cc([N+](=O)[O-])ccc1O. The molecule has 0 aromatic heterocycles. The number of benzene rings is 1. The van der Waals surface area contributed by atoms with Gasteiger partial charge in [0.2, 0.25) is 0 Å². The number of carbonyl (C=O) groups excluding carboxylic acids is 1. The number of rotatable bonds is 2. The molecule has 0 atom stereocenters. The molecule has 92 valence electrons. The number of non-ortho nitro benzene ring substituents is 1. The van der Waals surface area contributed by atoms with Gasteiger partial charge in [-0.25, -0.2) is 5.43 Å². The van der Waals surface area contributed by atoms with E-state index in [-0.39, 0.29) is 22.6 Å². The second-order valence-electron chi connectivity index (χ2n) is 3.70. The number of hydrogen-bond donors (Lipinski definition) is 2. The Bertz CT molecular complexity index is 604. The van der Waals surface area contributed by atoms with Crippen LogP contribution in [0.3, 0.4) is 0 Å². The first-order chi connectivity index (χ1) is 8.49. The molecule has 0 fully saturated rings. The average Bonchev–Trinajstić information content (AvgIpc) is 2.63. The largest absolute Gasteiger partial charge is 0.507 e. The van der Waals surface area contributed by atoms with Gasteiger partial charge in [-0.15, -0.1) is 0 Å². The number of nitro groups is 1. The summed E-state index contributed by atoms with van der Waals surface area (Å²) in [5, 5.41) is 24.0. The molecular weight excluding hydrogens is 238 g/mol. The standard InChI is InChI=1S/C11H9N3O4/c1-6-9(11(16)13-12-6)5-7-4-8(14(17)18)2-3-10(7)15/h2-5,15H,1H3,(H,13,16)/b9-5+. The van der Waals surface area contributed by atoms with E-state index in [1.807, 2.05) is 0 Å². The van der Waals surface area contributed by atoms with E-state index in [0.29, 0.717) is 5.71 Å². The lowest BCUT2D eigenvalue weighted by Gasteiger charge is -2.00. The summed E-state index contributed by atoms with van der Waals surface area (Å²) in [6.45, 7) is 1.62. The third-order valence-corrected chi connectivity index (χ3v) is 2.48. The molecule has 0 bridgehead atoms. The molecule has 1 aliphatic heterocycles. The second-order valence-corrected chi connectivity index (χ2v) is 3.70. The summed E-state index contributed by atoms with van der Waals surface area (Å²) >= 11 is 0. The number of phenols is 1. The number of nitrogens with zero attached hydrogens (tertiary/aromatic N) is 2. The zero-order chi connectivity index (χ0) is 13.3. The number of hydrazone groups is 1. The first-order valence-corrected chi connectivity index (χ1v) is 5.03. The summed E-state index contributed by atoms with van der Waals surface area (Å²) in [5.41, 5.74) is 3.03. The van der Waals surface area contributed by atoms with Gasteiger partial charge in [0.05, 0.1) is 16.2 Å². The van der Waals surface area contributed by atoms with Gasteiger partial charge in [0, 0.05) is 17.7 Å². The topological polar surface area (TPSA) is 105 Å². The number of hydrogen-bond acceptors (Lipinski definition) is 5. The van der Waals surface area contributed by atoms with Crippen LogP contribution in [0.2, 0.25) is 0 Å². The van der Waals surface area contributed by atoms with Crippen molar-refractivity contribution in [3.8, 4) is 5.75 Å². The molecule has 0 aliphatic carbocycles. The summed E-state index contributed by atoms with van der Waals surface area (Å²) in [7, 11) is 0. The number of nitro benzene ring substituents is 1. The van der Waals surface area contributed by atoms with Crippen molar-refractivity contribution in [2.24, 2.45) is 5.10 Å². The van der Waals surface area contributed by atoms with Crippen LogP contribution < -0.4 is 5.43 Å². The minimum absolute atomic E-state index is 0.138. The number of nitrogens with one attached hydrogen (secondary N) is 1. The maximum Gasteiger partial charge on any atom is 0.273 e. The van der Waals surface area contributed by atoms with Crippen molar-refractivity contribution < 1.29 is 14.8 Å². The van der Waals surface area contributed by atoms with Gasteiger partial charge in [0.25, 0.3) is 11.6 Å². The van der Waals surface area contributed by atoms with Crippen molar-refractivity contribution in [3.05, 3.63) is 39.4 Å². The highest BCUT2D eigenvalue weighted by Crippen LogP contribution is 2.26. The van der Waals surface area contributed by atoms with Gasteiger partial charge in [0.1, 0.15) is 5.75 Å². The Hall–Kier alpha value is -2.70. The van der Waals surface area contributed by atoms with Gasteiger partial charge in [-0.05, 0) is 19.1 Å². The smallest absolute Gasteiger partial charge is 0.273 e. The molecule has 7 nitrogen and oxygen atoms in total. The molecule has 0 saturated carbocycles. The van der Waals surface area contributed by atoms with Crippen LogP contribution in [0, 0.1) is 10.1 Å². The Morgan fingerprint density at radius 3 is 2.78 bits per heavy atom. The predicted molar refractivity (Wildman–Crippen MR) is 64.0 cm³/mol. The van der Waals surface area contributed by atoms with Gasteiger partial charge >= 0.3 is 0 Å². The van der Waals surface area contributed by atoms with Crippen LogP contribution >= 0.6 is 0 Å². The summed E-state index contributed by atoms with van der Waals surface area (Å²) in [6.07, 6.45) is 1.36. The van der Waals surface area contributed by atoms with E-state index in [1.54, 1.807) is 6.92 Å². The Kier molecular flexibility index (Phi) is 2.80. The molecule has 1 amide bonds. The highest BCUT2D eigenvalue weighted by Gasteiger charge is 2.19. The van der Waals surface area contributed by atoms with Crippen LogP contribution in [0.4, 0.5) is 5.69 Å². The van der Waals surface area contributed by atoms with Crippen LogP contribution in [-0.4, -0.2) is 21.6 Å². The molecule has 1 heterocycles. The molecular formula is C11H9N3O4. The molecule has 18 heavy (non-hydrogen) atoms. The summed E-state index contributed by atoms with van der Waals surface area (Å²) in [4.78, 5) is 21.5. The van der Waals surface area contributed by atoms with Crippen molar-refractivity contribution in [1.82, 2.24) is 5.43 Å². The number of aromatic hydroxyl groups is 1. The molecule has 2 rings (SSSR count). The van der Waals surface area contributed by atoms with Gasteiger partial charge in [-0.2, -0.15) is 5.10 Å². The van der Waals surface area contributed by atoms with E-state index in [9.17, 15) is 20.0 Å². The molecule has 0 saturated heterocycles. The van der Waals surface area contributed by atoms with Crippen molar-refractivity contribution >= 4 is 23.4 Å². The van der Waals surface area contributed by atoms with Gasteiger partial charge in [-0.1, -0.05) is 0 Å². The van der Waals surface area contributed by atoms with Gasteiger partial charge in [0.15, 0.2) is 0 Å². The van der Waals surface area contributed by atoms with E-state index in [4.69, 9.17) is 0 Å². The van der Waals surface area contributed by atoms with Gasteiger partial charge < -0.3 is 5.11 Å². The molecule has 0 spiro atoms. The summed E-state index contributed by atoms with van der Waals surface area (Å²) in [6, 6.07) is 3.60. The van der Waals surface area contributed by atoms with Crippen molar-refractivity contribution in [1.29, 1.82) is 0 Å². The lowest BCUT2D eigenvalue weighted by molar-refractivity contribution is -0.384. The number of amides is 1. The lowest BCUT2D eigenvalue weighted by atomic mass is 10.1. The van der Waals surface area contributed by atoms with Crippen LogP contribution in [0.25, 0.3) is 6.08 Å². The van der Waals surface area contributed by atoms with E-state index < -0.39 is 10.8 Å². The molecule has 1 aromatic rings. The van der Waals surface area contributed by atoms with E-state index >= 15 is 0 Å². The highest BCUT2D eigenvalue weighted by atomic mass is 16.6. The molecule has 1 aromatic carbocycles. The quantitative estimate of drug-likeness (QED) is 0.465. The molecule has 0 unspecified atom stereocenters. The first kappa shape index (κ1) is 11.8. The molecule has 7 heteroatoms. The number of carbonyl (C=O) groups is 1. The maximum atomic E-state index is 11.4. The van der Waals surface area contributed by atoms with Crippen molar-refractivity contribution in [2.45, 2.75) is 6.92 Å². The summed E-state index contributed by atoms with van der Waals surface area (Å²) < 4.78 is 0. The van der Waals surface area contributed by atoms with E-state index in [0.717, 1.165) is 0 Å². The predicted octanol–water partition coefficient (Wildman–Crippen LogP) is 1.19. The molecule has 2 N–H and O–H groups in total. The third-order valence-electron chi connectivity index (χ3n) is 2.48. The van der Waals surface area contributed by atoms with Crippen LogP contribution in [0.15, 0.2) is 28.9 Å². The number of phenolic OH excluding ortho intramolecular Hbond substituents is 1. The molecule has 1 aliphatic rings. The highest BCUT2D eigenvalue weighted by molar-refractivity contribution is 6.26. The van der Waals surface area contributed by atoms with Gasteiger partial charge in [-0.3, -0.25) is 14.9 Å². The van der Waals surface area contributed by atoms with E-state index in [2.05, 4.69) is 10.5 Å². The van der Waals surface area contributed by atoms with Crippen molar-refractivity contribution in [2.75, 3.05) is 0 Å². The van der Waals surface area contributed by atoms with Crippen LogP contribution in [0.5, 0.6) is 5.75 Å². The maximum absolute atomic E-state index is 11.4. The van der Waals surface area contributed by atoms with Crippen LogP contribution in [-0.2, 0) is 4.79 Å². The fraction of sp³-hybridized carbons (Fsp3) is 0.0909. The lowest BCUT2D eigenvalue weighted by Crippen LogP contribution is -2.12. The Morgan fingerprint density at radius 1 is 1.50 bits per heavy atom. The Balaban J connectivity index is 2.48. The third kappa shape index (κ3) is 2.05. The Morgan fingerprint density at radius 2 is 2.22 bits per heavy atom. The van der Waals surface area contributed by atoms with Crippen LogP contribution in [0.1, 0.15) is 12.5 Å². The van der Waals surface area contributed by atoms with E-state index in [1.165, 1.54) is 24.3 Å². The first-order valence-electron chi connectivity index (χ1n) is 5.03. The molecule has 0 radical (unpaired) electrons. The fourth-order valence-corrected chi connectivity index (χ4v) is 1.52. The monoisotopic (exact) mass is 247 g/mol. The fourth-order valence-electron chi connectivity index (χ4n) is 1.52. The minimum atomic E-state index is -0.572. The van der Waals surface area contributed by atoms with Crippen molar-refractivity contribution in [3.63, 3.8) is 0 Å². The normalized spacial score (nSPS) is 16.6. The zero-order valence-corrected chi connectivity index (χ0v) is 9.38.